The summed E-state index contributed by atoms with van der Waals surface area (Å²) in [6.07, 6.45) is 2.74. The summed E-state index contributed by atoms with van der Waals surface area (Å²) in [5.74, 6) is 2.15. The van der Waals surface area contributed by atoms with Crippen molar-refractivity contribution in [3.05, 3.63) is 65.0 Å². The number of aromatic nitrogens is 3. The number of methoxy groups -OCH3 is 1. The van der Waals surface area contributed by atoms with E-state index in [1.807, 2.05) is 43.7 Å². The monoisotopic (exact) mass is 527 g/mol. The highest BCUT2D eigenvalue weighted by molar-refractivity contribution is 7.99. The normalized spacial score (nSPS) is 11.7. The molecule has 0 aliphatic carbocycles. The summed E-state index contributed by atoms with van der Waals surface area (Å²) < 4.78 is 7.15. The molecule has 10 heteroatoms. The van der Waals surface area contributed by atoms with Crippen molar-refractivity contribution in [2.45, 2.75) is 44.9 Å². The number of nitrogens with zero attached hydrogens (tertiary/aromatic N) is 3. The van der Waals surface area contributed by atoms with Gasteiger partial charge in [0.25, 0.3) is 5.91 Å². The quantitative estimate of drug-likeness (QED) is 0.324. The van der Waals surface area contributed by atoms with E-state index in [2.05, 4.69) is 26.9 Å². The smallest absolute Gasteiger partial charge is 0.251 e. The maximum absolute atomic E-state index is 13.0. The van der Waals surface area contributed by atoms with Crippen LogP contribution in [0.3, 0.4) is 0 Å². The van der Waals surface area contributed by atoms with E-state index in [0.717, 1.165) is 22.6 Å². The van der Waals surface area contributed by atoms with Gasteiger partial charge in [-0.15, -0.1) is 10.2 Å². The summed E-state index contributed by atoms with van der Waals surface area (Å²) in [7, 11) is 1.59. The van der Waals surface area contributed by atoms with Crippen molar-refractivity contribution in [2.75, 3.05) is 30.2 Å². The highest BCUT2D eigenvalue weighted by atomic mass is 32.2. The van der Waals surface area contributed by atoms with Gasteiger partial charge in [-0.3, -0.25) is 9.59 Å². The number of benzene rings is 2. The predicted octanol–water partition coefficient (Wildman–Crippen LogP) is 4.88. The molecule has 192 valence electrons. The molecule has 0 saturated carbocycles. The SMILES string of the molecule is CCn1c(SCC(=O)Nc2cc(C)cc(C)c2)nnc1[C@@H](CCSC)NC(=O)c1ccc(OC)cc1. The lowest BCUT2D eigenvalue weighted by Gasteiger charge is -2.19. The van der Waals surface area contributed by atoms with Crippen molar-refractivity contribution >= 4 is 41.0 Å². The van der Waals surface area contributed by atoms with Gasteiger partial charge < -0.3 is 19.9 Å². The second-order valence-corrected chi connectivity index (χ2v) is 10.3. The zero-order chi connectivity index (χ0) is 26.1. The first-order valence-corrected chi connectivity index (χ1v) is 14.1. The summed E-state index contributed by atoms with van der Waals surface area (Å²) >= 11 is 3.04. The topological polar surface area (TPSA) is 98.1 Å². The number of amides is 2. The molecule has 36 heavy (non-hydrogen) atoms. The van der Waals surface area contributed by atoms with E-state index < -0.39 is 0 Å². The zero-order valence-electron chi connectivity index (χ0n) is 21.3. The van der Waals surface area contributed by atoms with Crippen molar-refractivity contribution in [3.8, 4) is 5.75 Å². The maximum atomic E-state index is 13.0. The Hall–Kier alpha value is -2.98. The van der Waals surface area contributed by atoms with Crippen LogP contribution in [0.1, 0.15) is 46.7 Å². The fourth-order valence-electron chi connectivity index (χ4n) is 3.82. The molecule has 8 nitrogen and oxygen atoms in total. The van der Waals surface area contributed by atoms with Gasteiger partial charge >= 0.3 is 0 Å². The number of rotatable bonds is 12. The number of carbonyl (C=O) groups is 2. The molecule has 0 spiro atoms. The summed E-state index contributed by atoms with van der Waals surface area (Å²) in [6.45, 7) is 6.63. The Bertz CT molecular complexity index is 1160. The third-order valence-electron chi connectivity index (χ3n) is 5.48. The summed E-state index contributed by atoms with van der Waals surface area (Å²) in [5.41, 5.74) is 3.53. The molecule has 2 aromatic carbocycles. The van der Waals surface area contributed by atoms with Gasteiger partial charge in [0.1, 0.15) is 5.75 Å². The minimum absolute atomic E-state index is 0.107. The molecule has 0 saturated heterocycles. The van der Waals surface area contributed by atoms with Crippen LogP contribution in [0.25, 0.3) is 0 Å². The van der Waals surface area contributed by atoms with Crippen LogP contribution in [0, 0.1) is 13.8 Å². The van der Waals surface area contributed by atoms with Gasteiger partial charge in [-0.2, -0.15) is 11.8 Å². The molecular weight excluding hydrogens is 494 g/mol. The van der Waals surface area contributed by atoms with Gasteiger partial charge in [-0.25, -0.2) is 0 Å². The molecule has 2 amide bonds. The Morgan fingerprint density at radius 1 is 1.08 bits per heavy atom. The Morgan fingerprint density at radius 2 is 1.78 bits per heavy atom. The van der Waals surface area contributed by atoms with Crippen LogP contribution in [-0.2, 0) is 11.3 Å². The number of aryl methyl sites for hydroxylation is 2. The lowest BCUT2D eigenvalue weighted by Crippen LogP contribution is -2.31. The first-order chi connectivity index (χ1) is 17.3. The number of hydrogen-bond acceptors (Lipinski definition) is 7. The van der Waals surface area contributed by atoms with Crippen molar-refractivity contribution < 1.29 is 14.3 Å². The standard InChI is InChI=1S/C26H33N5O3S2/c1-6-31-24(22(11-12-35-5)28-25(33)19-7-9-21(34-4)10-8-19)29-30-26(31)36-16-23(32)27-20-14-17(2)13-18(3)15-20/h7-10,13-15,22H,6,11-12,16H2,1-5H3,(H,27,32)(H,28,33)/t22-/m1/s1. The van der Waals surface area contributed by atoms with E-state index in [4.69, 9.17) is 4.74 Å². The van der Waals surface area contributed by atoms with Crippen LogP contribution in [0.15, 0.2) is 47.6 Å². The van der Waals surface area contributed by atoms with Crippen LogP contribution < -0.4 is 15.4 Å². The molecule has 2 N–H and O–H groups in total. The first kappa shape index (κ1) is 27.6. The second kappa shape index (κ2) is 13.4. The average molecular weight is 528 g/mol. The highest BCUT2D eigenvalue weighted by Gasteiger charge is 2.23. The van der Waals surface area contributed by atoms with E-state index in [0.29, 0.717) is 35.3 Å². The Morgan fingerprint density at radius 3 is 2.39 bits per heavy atom. The Balaban J connectivity index is 1.71. The Labute approximate surface area is 221 Å². The van der Waals surface area contributed by atoms with Crippen LogP contribution in [-0.4, -0.2) is 51.5 Å². The number of nitrogens with one attached hydrogen (secondary N) is 2. The first-order valence-electron chi connectivity index (χ1n) is 11.7. The molecule has 3 aromatic rings. The van der Waals surface area contributed by atoms with Crippen LogP contribution in [0.4, 0.5) is 5.69 Å². The average Bonchev–Trinajstić information content (AvgIpc) is 3.27. The molecule has 3 rings (SSSR count). The molecule has 0 radical (unpaired) electrons. The molecule has 0 unspecified atom stereocenters. The number of ether oxygens (including phenoxy) is 1. The van der Waals surface area contributed by atoms with Gasteiger partial charge in [-0.1, -0.05) is 17.8 Å². The molecule has 0 aliphatic heterocycles. The molecular formula is C26H33N5O3S2. The van der Waals surface area contributed by atoms with Crippen LogP contribution in [0.2, 0.25) is 0 Å². The van der Waals surface area contributed by atoms with Gasteiger partial charge in [0, 0.05) is 17.8 Å². The van der Waals surface area contributed by atoms with Gasteiger partial charge in [-0.05, 0) is 86.7 Å². The van der Waals surface area contributed by atoms with Gasteiger partial charge in [0.2, 0.25) is 5.91 Å². The minimum atomic E-state index is -0.307. The number of carbonyl (C=O) groups excluding carboxylic acids is 2. The fourth-order valence-corrected chi connectivity index (χ4v) is 5.10. The van der Waals surface area contributed by atoms with E-state index in [1.54, 1.807) is 43.1 Å². The number of anilines is 1. The zero-order valence-corrected chi connectivity index (χ0v) is 23.0. The third kappa shape index (κ3) is 7.51. The van der Waals surface area contributed by atoms with Gasteiger partial charge in [0.05, 0.1) is 18.9 Å². The Kier molecular flexibility index (Phi) is 10.2. The highest BCUT2D eigenvalue weighted by Crippen LogP contribution is 2.24. The predicted molar refractivity (Wildman–Crippen MR) is 147 cm³/mol. The number of thioether (sulfide) groups is 2. The van der Waals surface area contributed by atoms with Crippen molar-refractivity contribution in [1.29, 1.82) is 0 Å². The third-order valence-corrected chi connectivity index (χ3v) is 7.09. The van der Waals surface area contributed by atoms with Crippen LogP contribution >= 0.6 is 23.5 Å². The van der Waals surface area contributed by atoms with Crippen LogP contribution in [0.5, 0.6) is 5.75 Å². The largest absolute Gasteiger partial charge is 0.497 e. The molecule has 0 aliphatic rings. The molecule has 1 atom stereocenters. The maximum Gasteiger partial charge on any atom is 0.251 e. The minimum Gasteiger partial charge on any atom is -0.497 e. The van der Waals surface area contributed by atoms with E-state index in [-0.39, 0.29) is 23.6 Å². The summed E-state index contributed by atoms with van der Waals surface area (Å²) in [5, 5.41) is 15.5. The van der Waals surface area contributed by atoms with E-state index >= 15 is 0 Å². The molecule has 0 fully saturated rings. The lowest BCUT2D eigenvalue weighted by molar-refractivity contribution is -0.113. The van der Waals surface area contributed by atoms with Crippen molar-refractivity contribution in [3.63, 3.8) is 0 Å². The lowest BCUT2D eigenvalue weighted by atomic mass is 10.1. The van der Waals surface area contributed by atoms with Crippen molar-refractivity contribution in [2.24, 2.45) is 0 Å². The van der Waals surface area contributed by atoms with Gasteiger partial charge in [0.15, 0.2) is 11.0 Å². The number of hydrogen-bond donors (Lipinski definition) is 2. The second-order valence-electron chi connectivity index (χ2n) is 8.33. The fraction of sp³-hybridized carbons (Fsp3) is 0.385. The molecule has 1 heterocycles. The van der Waals surface area contributed by atoms with E-state index in [9.17, 15) is 9.59 Å². The van der Waals surface area contributed by atoms with Crippen molar-refractivity contribution in [1.82, 2.24) is 20.1 Å². The molecule has 0 bridgehead atoms. The van der Waals surface area contributed by atoms with E-state index in [1.165, 1.54) is 11.8 Å². The molecule has 1 aromatic heterocycles. The summed E-state index contributed by atoms with van der Waals surface area (Å²) in [6, 6.07) is 12.7. The summed E-state index contributed by atoms with van der Waals surface area (Å²) in [4.78, 5) is 25.5.